The fourth-order valence-corrected chi connectivity index (χ4v) is 2.98. The van der Waals surface area contributed by atoms with Crippen LogP contribution in [0.4, 0.5) is 0 Å². The summed E-state index contributed by atoms with van der Waals surface area (Å²) in [4.78, 5) is 10.7. The van der Waals surface area contributed by atoms with E-state index in [2.05, 4.69) is 25.1 Å². The fourth-order valence-electron chi connectivity index (χ4n) is 2.98. The Morgan fingerprint density at radius 2 is 2.25 bits per heavy atom. The van der Waals surface area contributed by atoms with Gasteiger partial charge in [-0.05, 0) is 13.0 Å². The Kier molecular flexibility index (Phi) is 3.66. The number of hydrogen-bond acceptors (Lipinski definition) is 7. The van der Waals surface area contributed by atoms with Crippen LogP contribution in [0.3, 0.4) is 0 Å². The zero-order chi connectivity index (χ0) is 16.7. The molecule has 0 bridgehead atoms. The number of hydrogen-bond donors (Lipinski definition) is 1. The molecule has 0 aliphatic carbocycles. The summed E-state index contributed by atoms with van der Waals surface area (Å²) in [6.45, 7) is 4.75. The topological polar surface area (TPSA) is 98.0 Å². The van der Waals surface area contributed by atoms with E-state index in [9.17, 15) is 5.11 Å². The van der Waals surface area contributed by atoms with Crippen LogP contribution in [0.5, 0.6) is 0 Å². The van der Waals surface area contributed by atoms with Crippen molar-refractivity contribution >= 4 is 0 Å². The molecule has 0 saturated heterocycles. The Morgan fingerprint density at radius 3 is 2.96 bits per heavy atom. The smallest absolute Gasteiger partial charge is 0.240 e. The Hall–Kier alpha value is -2.52. The molecule has 1 unspecified atom stereocenters. The molecule has 0 saturated carbocycles. The summed E-state index contributed by atoms with van der Waals surface area (Å²) in [5, 5.41) is 18.9. The lowest BCUT2D eigenvalue weighted by molar-refractivity contribution is 0.178. The van der Waals surface area contributed by atoms with Crippen LogP contribution >= 0.6 is 0 Å². The van der Waals surface area contributed by atoms with Crippen molar-refractivity contribution in [1.29, 1.82) is 0 Å². The average molecular weight is 329 g/mol. The second kappa shape index (κ2) is 5.84. The summed E-state index contributed by atoms with van der Waals surface area (Å²) in [6, 6.07) is 1.94. The maximum atomic E-state index is 10.5. The highest BCUT2D eigenvalue weighted by Crippen LogP contribution is 2.23. The van der Waals surface area contributed by atoms with Crippen molar-refractivity contribution < 1.29 is 9.63 Å². The van der Waals surface area contributed by atoms with Gasteiger partial charge in [-0.15, -0.1) is 0 Å². The van der Waals surface area contributed by atoms with Crippen LogP contribution in [-0.2, 0) is 26.7 Å². The molecular weight excluding hydrogens is 310 g/mol. The first-order valence-electron chi connectivity index (χ1n) is 7.83. The van der Waals surface area contributed by atoms with Crippen molar-refractivity contribution in [2.45, 2.75) is 32.7 Å². The van der Waals surface area contributed by atoms with E-state index in [4.69, 9.17) is 4.52 Å². The second-order valence-corrected chi connectivity index (χ2v) is 6.03. The van der Waals surface area contributed by atoms with Gasteiger partial charge in [0.1, 0.15) is 5.82 Å². The molecule has 3 aromatic rings. The minimum atomic E-state index is -0.824. The number of nitrogens with zero attached hydrogens (tertiary/aromatic N) is 7. The lowest BCUT2D eigenvalue weighted by Gasteiger charge is -2.25. The molecule has 9 heteroatoms. The molecule has 4 heterocycles. The summed E-state index contributed by atoms with van der Waals surface area (Å²) in [5.41, 5.74) is 1.68. The number of rotatable bonds is 4. The fraction of sp³-hybridized carbons (Fsp3) is 0.467. The molecule has 0 aromatic carbocycles. The number of fused-ring (bicyclic) bond motifs is 1. The summed E-state index contributed by atoms with van der Waals surface area (Å²) in [7, 11) is 1.86. The SMILES string of the molecule is Cc1noc(CN2CCn3nc(C(O)c4nccn4C)cc3C2)n1. The molecule has 0 fully saturated rings. The number of aromatic nitrogens is 6. The molecule has 4 rings (SSSR count). The maximum absolute atomic E-state index is 10.5. The van der Waals surface area contributed by atoms with E-state index in [1.165, 1.54) is 0 Å². The van der Waals surface area contributed by atoms with Crippen LogP contribution < -0.4 is 0 Å². The molecular formula is C15H19N7O2. The number of imidazole rings is 1. The van der Waals surface area contributed by atoms with Crippen molar-refractivity contribution in [3.05, 3.63) is 47.4 Å². The summed E-state index contributed by atoms with van der Waals surface area (Å²) in [5.74, 6) is 1.85. The van der Waals surface area contributed by atoms with Gasteiger partial charge in [0.25, 0.3) is 0 Å². The molecule has 1 N–H and O–H groups in total. The third-order valence-corrected chi connectivity index (χ3v) is 4.21. The van der Waals surface area contributed by atoms with Gasteiger partial charge in [-0.25, -0.2) is 4.98 Å². The van der Waals surface area contributed by atoms with Crippen molar-refractivity contribution in [2.75, 3.05) is 6.54 Å². The highest BCUT2D eigenvalue weighted by molar-refractivity contribution is 5.19. The highest BCUT2D eigenvalue weighted by Gasteiger charge is 2.24. The minimum Gasteiger partial charge on any atom is -0.379 e. The van der Waals surface area contributed by atoms with E-state index < -0.39 is 6.10 Å². The highest BCUT2D eigenvalue weighted by atomic mass is 16.5. The summed E-state index contributed by atoms with van der Waals surface area (Å²) < 4.78 is 8.92. The van der Waals surface area contributed by atoms with Crippen LogP contribution in [0.1, 0.15) is 35.0 Å². The normalized spacial score (nSPS) is 16.3. The molecule has 1 aliphatic rings. The van der Waals surface area contributed by atoms with E-state index in [0.717, 1.165) is 25.3 Å². The van der Waals surface area contributed by atoms with Gasteiger partial charge in [-0.3, -0.25) is 9.58 Å². The minimum absolute atomic E-state index is 0.587. The van der Waals surface area contributed by atoms with Gasteiger partial charge in [0.15, 0.2) is 11.9 Å². The molecule has 0 amide bonds. The lowest BCUT2D eigenvalue weighted by atomic mass is 10.2. The van der Waals surface area contributed by atoms with Gasteiger partial charge in [0.2, 0.25) is 5.89 Å². The van der Waals surface area contributed by atoms with E-state index in [1.54, 1.807) is 10.8 Å². The van der Waals surface area contributed by atoms with E-state index in [1.807, 2.05) is 30.9 Å². The zero-order valence-corrected chi connectivity index (χ0v) is 13.6. The van der Waals surface area contributed by atoms with E-state index >= 15 is 0 Å². The van der Waals surface area contributed by atoms with Gasteiger partial charge >= 0.3 is 0 Å². The monoisotopic (exact) mass is 329 g/mol. The van der Waals surface area contributed by atoms with E-state index in [-0.39, 0.29) is 0 Å². The van der Waals surface area contributed by atoms with Crippen molar-refractivity contribution in [3.63, 3.8) is 0 Å². The Labute approximate surface area is 138 Å². The van der Waals surface area contributed by atoms with Gasteiger partial charge in [0.05, 0.1) is 24.5 Å². The average Bonchev–Trinajstić information content (AvgIpc) is 3.26. The Balaban J connectivity index is 1.50. The standard InChI is InChI=1S/C15H19N7O2/c1-10-17-13(24-19-10)9-21-5-6-22-11(8-21)7-12(18-22)14(23)15-16-3-4-20(15)2/h3-4,7,14,23H,5-6,8-9H2,1-2H3. The van der Waals surface area contributed by atoms with Gasteiger partial charge in [-0.1, -0.05) is 5.16 Å². The van der Waals surface area contributed by atoms with Gasteiger partial charge < -0.3 is 14.2 Å². The third kappa shape index (κ3) is 2.72. The molecule has 3 aromatic heterocycles. The third-order valence-electron chi connectivity index (χ3n) is 4.21. The molecule has 1 aliphatic heterocycles. The number of aryl methyl sites for hydroxylation is 2. The quantitative estimate of drug-likeness (QED) is 0.740. The Morgan fingerprint density at radius 1 is 1.38 bits per heavy atom. The first-order valence-corrected chi connectivity index (χ1v) is 7.83. The van der Waals surface area contributed by atoms with Crippen LogP contribution in [-0.4, -0.2) is 46.0 Å². The largest absolute Gasteiger partial charge is 0.379 e. The van der Waals surface area contributed by atoms with Crippen molar-refractivity contribution in [1.82, 2.24) is 34.4 Å². The first kappa shape index (κ1) is 15.0. The molecule has 0 spiro atoms. The molecule has 9 nitrogen and oxygen atoms in total. The van der Waals surface area contributed by atoms with Crippen molar-refractivity contribution in [3.8, 4) is 0 Å². The number of aliphatic hydroxyl groups excluding tert-OH is 1. The summed E-state index contributed by atoms with van der Waals surface area (Å²) >= 11 is 0. The van der Waals surface area contributed by atoms with Crippen LogP contribution in [0.2, 0.25) is 0 Å². The lowest BCUT2D eigenvalue weighted by Crippen LogP contribution is -2.33. The first-order chi connectivity index (χ1) is 11.6. The predicted octanol–water partition coefficient (Wildman–Crippen LogP) is 0.406. The zero-order valence-electron chi connectivity index (χ0n) is 13.6. The van der Waals surface area contributed by atoms with Gasteiger partial charge in [0, 0.05) is 32.5 Å². The molecule has 24 heavy (non-hydrogen) atoms. The molecule has 1 atom stereocenters. The Bertz CT molecular complexity index is 850. The number of aliphatic hydroxyl groups is 1. The molecule has 126 valence electrons. The maximum Gasteiger partial charge on any atom is 0.240 e. The van der Waals surface area contributed by atoms with Crippen LogP contribution in [0, 0.1) is 6.92 Å². The summed E-state index contributed by atoms with van der Waals surface area (Å²) in [6.07, 6.45) is 2.65. The van der Waals surface area contributed by atoms with Crippen LogP contribution in [0.15, 0.2) is 23.0 Å². The van der Waals surface area contributed by atoms with Crippen molar-refractivity contribution in [2.24, 2.45) is 7.05 Å². The van der Waals surface area contributed by atoms with Crippen LogP contribution in [0.25, 0.3) is 0 Å². The van der Waals surface area contributed by atoms with E-state index in [0.29, 0.717) is 29.8 Å². The van der Waals surface area contributed by atoms with Gasteiger partial charge in [-0.2, -0.15) is 10.1 Å². The molecule has 0 radical (unpaired) electrons. The second-order valence-electron chi connectivity index (χ2n) is 6.03. The predicted molar refractivity (Wildman–Crippen MR) is 82.6 cm³/mol.